The van der Waals surface area contributed by atoms with E-state index in [1.54, 1.807) is 12.2 Å². The highest BCUT2D eigenvalue weighted by Gasteiger charge is 2.38. The van der Waals surface area contributed by atoms with E-state index in [4.69, 9.17) is 5.11 Å². The van der Waals surface area contributed by atoms with Gasteiger partial charge in [-0.1, -0.05) is 44.8 Å². The lowest BCUT2D eigenvalue weighted by Crippen LogP contribution is -2.18. The molecular weight excluding hydrogens is 296 g/mol. The number of hydrogen-bond donors (Lipinski definition) is 3. The molecule has 1 aliphatic rings. The molecule has 0 unspecified atom stereocenters. The molecule has 0 aromatic heterocycles. The van der Waals surface area contributed by atoms with E-state index in [2.05, 4.69) is 0 Å². The van der Waals surface area contributed by atoms with Gasteiger partial charge in [-0.3, -0.25) is 9.59 Å². The molecule has 1 fully saturated rings. The Bertz CT molecular complexity index is 404. The van der Waals surface area contributed by atoms with E-state index >= 15 is 0 Å². The van der Waals surface area contributed by atoms with Gasteiger partial charge in [-0.25, -0.2) is 0 Å². The summed E-state index contributed by atoms with van der Waals surface area (Å²) in [6.45, 7) is 1.97. The van der Waals surface area contributed by atoms with Crippen LogP contribution in [-0.2, 0) is 9.59 Å². The Kier molecular flexibility index (Phi) is 9.10. The number of aliphatic carboxylic acids is 1. The van der Waals surface area contributed by atoms with Crippen LogP contribution in [0.3, 0.4) is 0 Å². The lowest BCUT2D eigenvalue weighted by Gasteiger charge is -2.16. The van der Waals surface area contributed by atoms with Crippen molar-refractivity contribution in [2.24, 2.45) is 11.8 Å². The van der Waals surface area contributed by atoms with Crippen LogP contribution in [0.1, 0.15) is 64.7 Å². The molecule has 23 heavy (non-hydrogen) atoms. The van der Waals surface area contributed by atoms with Gasteiger partial charge in [0, 0.05) is 18.8 Å². The second-order valence-electron chi connectivity index (χ2n) is 6.49. The molecule has 0 saturated heterocycles. The van der Waals surface area contributed by atoms with Gasteiger partial charge >= 0.3 is 5.97 Å². The molecule has 1 aliphatic carbocycles. The lowest BCUT2D eigenvalue weighted by atomic mass is 9.91. The minimum atomic E-state index is -0.748. The quantitative estimate of drug-likeness (QED) is 0.401. The first kappa shape index (κ1) is 19.8. The Morgan fingerprint density at radius 1 is 1.26 bits per heavy atom. The molecule has 132 valence electrons. The number of rotatable bonds is 11. The van der Waals surface area contributed by atoms with Crippen LogP contribution in [0.5, 0.6) is 0 Å². The maximum atomic E-state index is 11.8. The molecule has 1 rings (SSSR count). The van der Waals surface area contributed by atoms with Gasteiger partial charge in [-0.2, -0.15) is 0 Å². The van der Waals surface area contributed by atoms with Crippen molar-refractivity contribution in [1.29, 1.82) is 0 Å². The second-order valence-corrected chi connectivity index (χ2v) is 6.49. The van der Waals surface area contributed by atoms with E-state index in [-0.39, 0.29) is 30.5 Å². The molecule has 1 saturated carbocycles. The van der Waals surface area contributed by atoms with E-state index in [1.165, 1.54) is 0 Å². The normalized spacial score (nSPS) is 26.0. The Hall–Kier alpha value is -1.20. The standard InChI is InChI=1S/C18H30O5/c1-2-14-15(17(21)12-16(14)20)11-10-13(19)8-6-4-3-5-7-9-18(22)23/h10-11,13-16,19-20H,2-9,12H2,1H3,(H,22,23)/b11-10+/t13-,14-,15+,16+/m1/s1. The number of aliphatic hydroxyl groups excluding tert-OH is 2. The Morgan fingerprint density at radius 3 is 2.57 bits per heavy atom. The molecule has 0 amide bonds. The number of carbonyl (C=O) groups is 2. The topological polar surface area (TPSA) is 94.8 Å². The highest BCUT2D eigenvalue weighted by molar-refractivity contribution is 5.85. The predicted octanol–water partition coefficient (Wildman–Crippen LogP) is 2.69. The largest absolute Gasteiger partial charge is 0.481 e. The van der Waals surface area contributed by atoms with Crippen molar-refractivity contribution in [3.05, 3.63) is 12.2 Å². The molecule has 0 heterocycles. The summed E-state index contributed by atoms with van der Waals surface area (Å²) in [4.78, 5) is 22.2. The average Bonchev–Trinajstić information content (AvgIpc) is 2.76. The van der Waals surface area contributed by atoms with Crippen LogP contribution in [0.15, 0.2) is 12.2 Å². The third-order valence-corrected chi connectivity index (χ3v) is 4.64. The third kappa shape index (κ3) is 7.27. The van der Waals surface area contributed by atoms with Crippen LogP contribution in [-0.4, -0.2) is 39.3 Å². The molecule has 0 spiro atoms. The number of allylic oxidation sites excluding steroid dienone is 1. The third-order valence-electron chi connectivity index (χ3n) is 4.64. The Balaban J connectivity index is 2.19. The van der Waals surface area contributed by atoms with Gasteiger partial charge in [0.15, 0.2) is 0 Å². The maximum Gasteiger partial charge on any atom is 0.303 e. The molecule has 0 aromatic carbocycles. The minimum Gasteiger partial charge on any atom is -0.481 e. The van der Waals surface area contributed by atoms with Gasteiger partial charge in [0.25, 0.3) is 0 Å². The zero-order valence-electron chi connectivity index (χ0n) is 14.0. The number of ketones is 1. The SMILES string of the molecule is CC[C@@H]1[C@H](/C=C/[C@H](O)CCCCCCCC(=O)O)C(=O)C[C@@H]1O. The second kappa shape index (κ2) is 10.6. The zero-order chi connectivity index (χ0) is 17.2. The van der Waals surface area contributed by atoms with E-state index in [0.717, 1.165) is 32.1 Å². The number of carboxylic acid groups (broad SMARTS) is 1. The monoisotopic (exact) mass is 326 g/mol. The fourth-order valence-corrected chi connectivity index (χ4v) is 3.25. The fraction of sp³-hybridized carbons (Fsp3) is 0.778. The Labute approximate surface area is 138 Å². The predicted molar refractivity (Wildman–Crippen MR) is 88.0 cm³/mol. The van der Waals surface area contributed by atoms with E-state index in [0.29, 0.717) is 12.8 Å². The summed E-state index contributed by atoms with van der Waals surface area (Å²) in [6.07, 6.45) is 8.66. The smallest absolute Gasteiger partial charge is 0.303 e. The minimum absolute atomic E-state index is 0.0276. The van der Waals surface area contributed by atoms with Crippen LogP contribution in [0, 0.1) is 11.8 Å². The highest BCUT2D eigenvalue weighted by Crippen LogP contribution is 2.32. The summed E-state index contributed by atoms with van der Waals surface area (Å²) in [6, 6.07) is 0. The van der Waals surface area contributed by atoms with Gasteiger partial charge in [0.1, 0.15) is 5.78 Å². The van der Waals surface area contributed by atoms with Crippen LogP contribution >= 0.6 is 0 Å². The molecular formula is C18H30O5. The molecule has 4 atom stereocenters. The van der Waals surface area contributed by atoms with E-state index in [1.807, 2.05) is 6.92 Å². The van der Waals surface area contributed by atoms with Gasteiger partial charge in [-0.05, 0) is 25.2 Å². The summed E-state index contributed by atoms with van der Waals surface area (Å²) in [7, 11) is 0. The summed E-state index contributed by atoms with van der Waals surface area (Å²) >= 11 is 0. The number of aliphatic hydroxyl groups is 2. The first-order valence-corrected chi connectivity index (χ1v) is 8.74. The molecule has 5 heteroatoms. The van der Waals surface area contributed by atoms with Crippen LogP contribution in [0.4, 0.5) is 0 Å². The molecule has 0 radical (unpaired) electrons. The molecule has 5 nitrogen and oxygen atoms in total. The van der Waals surface area contributed by atoms with Crippen molar-refractivity contribution >= 4 is 11.8 Å². The molecule has 0 bridgehead atoms. The van der Waals surface area contributed by atoms with Crippen LogP contribution in [0.2, 0.25) is 0 Å². The first-order chi connectivity index (χ1) is 11.0. The molecule has 0 aliphatic heterocycles. The lowest BCUT2D eigenvalue weighted by molar-refractivity contribution is -0.137. The number of unbranched alkanes of at least 4 members (excludes halogenated alkanes) is 4. The van der Waals surface area contributed by atoms with Crippen molar-refractivity contribution in [2.45, 2.75) is 76.9 Å². The average molecular weight is 326 g/mol. The summed E-state index contributed by atoms with van der Waals surface area (Å²) in [5, 5.41) is 28.3. The van der Waals surface area contributed by atoms with E-state index in [9.17, 15) is 19.8 Å². The van der Waals surface area contributed by atoms with Gasteiger partial charge in [-0.15, -0.1) is 0 Å². The van der Waals surface area contributed by atoms with Crippen molar-refractivity contribution in [3.63, 3.8) is 0 Å². The fourth-order valence-electron chi connectivity index (χ4n) is 3.25. The Morgan fingerprint density at radius 2 is 1.91 bits per heavy atom. The summed E-state index contributed by atoms with van der Waals surface area (Å²) < 4.78 is 0. The van der Waals surface area contributed by atoms with Crippen molar-refractivity contribution in [3.8, 4) is 0 Å². The number of Topliss-reactive ketones (excluding diaryl/α,β-unsaturated/α-hetero) is 1. The van der Waals surface area contributed by atoms with Crippen molar-refractivity contribution in [1.82, 2.24) is 0 Å². The molecule has 3 N–H and O–H groups in total. The van der Waals surface area contributed by atoms with Crippen molar-refractivity contribution in [2.75, 3.05) is 0 Å². The first-order valence-electron chi connectivity index (χ1n) is 8.74. The van der Waals surface area contributed by atoms with Gasteiger partial charge in [0.05, 0.1) is 12.2 Å². The summed E-state index contributed by atoms with van der Waals surface area (Å²) in [5.74, 6) is -0.977. The van der Waals surface area contributed by atoms with Gasteiger partial charge in [0.2, 0.25) is 0 Å². The number of hydrogen-bond acceptors (Lipinski definition) is 4. The number of carboxylic acids is 1. The molecule has 0 aromatic rings. The zero-order valence-corrected chi connectivity index (χ0v) is 14.0. The van der Waals surface area contributed by atoms with E-state index < -0.39 is 18.2 Å². The maximum absolute atomic E-state index is 11.8. The van der Waals surface area contributed by atoms with Gasteiger partial charge < -0.3 is 15.3 Å². The summed E-state index contributed by atoms with van der Waals surface area (Å²) in [5.41, 5.74) is 0. The van der Waals surface area contributed by atoms with Crippen molar-refractivity contribution < 1.29 is 24.9 Å². The van der Waals surface area contributed by atoms with Crippen LogP contribution in [0.25, 0.3) is 0 Å². The highest BCUT2D eigenvalue weighted by atomic mass is 16.4. The van der Waals surface area contributed by atoms with Crippen LogP contribution < -0.4 is 0 Å². The number of carbonyl (C=O) groups excluding carboxylic acids is 1.